The third-order valence-corrected chi connectivity index (χ3v) is 3.09. The first kappa shape index (κ1) is 14.7. The second kappa shape index (κ2) is 5.76. The number of nitrogens with zero attached hydrogens (tertiary/aromatic N) is 2. The van der Waals surface area contributed by atoms with Crippen molar-refractivity contribution in [2.24, 2.45) is 5.73 Å². The molecule has 0 atom stereocenters. The van der Waals surface area contributed by atoms with Gasteiger partial charge in [-0.1, -0.05) is 11.6 Å². The zero-order valence-electron chi connectivity index (χ0n) is 11.0. The molecule has 1 aromatic carbocycles. The molecule has 1 heterocycles. The van der Waals surface area contributed by atoms with Crippen molar-refractivity contribution in [2.75, 3.05) is 0 Å². The predicted molar refractivity (Wildman–Crippen MR) is 78.2 cm³/mol. The van der Waals surface area contributed by atoms with Gasteiger partial charge in [0.15, 0.2) is 0 Å². The molecule has 108 valence electrons. The lowest BCUT2D eigenvalue weighted by atomic mass is 10.2. The van der Waals surface area contributed by atoms with Gasteiger partial charge < -0.3 is 10.5 Å². The van der Waals surface area contributed by atoms with E-state index in [-0.39, 0.29) is 22.4 Å². The summed E-state index contributed by atoms with van der Waals surface area (Å²) < 4.78 is 5.55. The summed E-state index contributed by atoms with van der Waals surface area (Å²) in [5.74, 6) is 0.268. The van der Waals surface area contributed by atoms with E-state index in [2.05, 4.69) is 4.98 Å². The number of benzene rings is 1. The molecule has 0 spiro atoms. The Morgan fingerprint density at radius 3 is 2.76 bits per heavy atom. The predicted octanol–water partition coefficient (Wildman–Crippen LogP) is 3.03. The maximum atomic E-state index is 10.7. The van der Waals surface area contributed by atoms with Crippen LogP contribution in [0.2, 0.25) is 5.02 Å². The van der Waals surface area contributed by atoms with Crippen LogP contribution < -0.4 is 10.5 Å². The van der Waals surface area contributed by atoms with Gasteiger partial charge in [0.05, 0.1) is 4.92 Å². The lowest BCUT2D eigenvalue weighted by molar-refractivity contribution is -0.384. The van der Waals surface area contributed by atoms with E-state index in [0.29, 0.717) is 16.9 Å². The monoisotopic (exact) mass is 306 g/mol. The van der Waals surface area contributed by atoms with Crippen molar-refractivity contribution >= 4 is 23.1 Å². The van der Waals surface area contributed by atoms with Crippen LogP contribution in [0, 0.1) is 22.4 Å². The minimum absolute atomic E-state index is 0.0311. The summed E-state index contributed by atoms with van der Waals surface area (Å²) in [5.41, 5.74) is 6.24. The molecule has 0 aliphatic heterocycles. The minimum atomic E-state index is -0.488. The number of rotatable bonds is 4. The topological polar surface area (TPSA) is 115 Å². The summed E-state index contributed by atoms with van der Waals surface area (Å²) in [5, 5.41) is 18.2. The van der Waals surface area contributed by atoms with Crippen LogP contribution in [-0.4, -0.2) is 15.7 Å². The fourth-order valence-corrected chi connectivity index (χ4v) is 1.92. The fourth-order valence-electron chi connectivity index (χ4n) is 1.67. The normalized spacial score (nSPS) is 10.2. The molecule has 0 saturated carbocycles. The summed E-state index contributed by atoms with van der Waals surface area (Å²) in [6.07, 6.45) is 1.42. The van der Waals surface area contributed by atoms with Crippen molar-refractivity contribution in [1.29, 1.82) is 5.41 Å². The summed E-state index contributed by atoms with van der Waals surface area (Å²) in [4.78, 5) is 14.2. The number of nitrogens with two attached hydrogens (primary N) is 1. The van der Waals surface area contributed by atoms with Gasteiger partial charge in [-0.3, -0.25) is 15.5 Å². The summed E-state index contributed by atoms with van der Waals surface area (Å²) in [7, 11) is 0. The molecule has 0 aliphatic carbocycles. The number of nitro benzene ring substituents is 1. The number of nitrogens with one attached hydrogen (secondary N) is 1. The summed E-state index contributed by atoms with van der Waals surface area (Å²) in [6.45, 7) is 1.67. The van der Waals surface area contributed by atoms with Crippen molar-refractivity contribution in [3.8, 4) is 11.6 Å². The van der Waals surface area contributed by atoms with E-state index in [9.17, 15) is 10.1 Å². The zero-order valence-corrected chi connectivity index (χ0v) is 11.7. The van der Waals surface area contributed by atoms with E-state index in [1.165, 1.54) is 30.5 Å². The average molecular weight is 307 g/mol. The lowest BCUT2D eigenvalue weighted by Gasteiger charge is -2.10. The van der Waals surface area contributed by atoms with Crippen molar-refractivity contribution in [3.05, 3.63) is 56.7 Å². The van der Waals surface area contributed by atoms with E-state index in [1.54, 1.807) is 6.92 Å². The van der Waals surface area contributed by atoms with E-state index in [4.69, 9.17) is 27.5 Å². The second-order valence-electron chi connectivity index (χ2n) is 4.20. The fraction of sp³-hybridized carbons (Fsp3) is 0.0769. The number of pyridine rings is 1. The van der Waals surface area contributed by atoms with Gasteiger partial charge in [0, 0.05) is 23.9 Å². The SMILES string of the molecule is Cc1cc([N+](=O)[O-])ccc1Oc1nccc(C(=N)N)c1Cl. The van der Waals surface area contributed by atoms with Crippen molar-refractivity contribution in [3.63, 3.8) is 0 Å². The maximum Gasteiger partial charge on any atom is 0.269 e. The van der Waals surface area contributed by atoms with Gasteiger partial charge in [0.1, 0.15) is 16.6 Å². The molecular weight excluding hydrogens is 296 g/mol. The Balaban J connectivity index is 2.37. The Hall–Kier alpha value is -2.67. The van der Waals surface area contributed by atoms with Gasteiger partial charge in [0.25, 0.3) is 5.69 Å². The lowest BCUT2D eigenvalue weighted by Crippen LogP contribution is -2.12. The van der Waals surface area contributed by atoms with Crippen LogP contribution in [0.4, 0.5) is 5.69 Å². The molecular formula is C13H11ClN4O3. The highest BCUT2D eigenvalue weighted by Gasteiger charge is 2.14. The third-order valence-electron chi connectivity index (χ3n) is 2.72. The molecule has 0 aliphatic rings. The summed E-state index contributed by atoms with van der Waals surface area (Å²) >= 11 is 6.07. The van der Waals surface area contributed by atoms with Crippen molar-refractivity contribution < 1.29 is 9.66 Å². The molecule has 0 bridgehead atoms. The molecule has 8 heteroatoms. The van der Waals surface area contributed by atoms with Crippen LogP contribution in [0.25, 0.3) is 0 Å². The highest BCUT2D eigenvalue weighted by Crippen LogP contribution is 2.32. The molecule has 2 rings (SSSR count). The first-order chi connectivity index (χ1) is 9.90. The first-order valence-electron chi connectivity index (χ1n) is 5.82. The van der Waals surface area contributed by atoms with Gasteiger partial charge in [0.2, 0.25) is 5.88 Å². The number of nitro groups is 1. The maximum absolute atomic E-state index is 10.7. The zero-order chi connectivity index (χ0) is 15.6. The third kappa shape index (κ3) is 3.09. The van der Waals surface area contributed by atoms with E-state index in [0.717, 1.165) is 0 Å². The van der Waals surface area contributed by atoms with Crippen LogP contribution in [-0.2, 0) is 0 Å². The molecule has 0 saturated heterocycles. The molecule has 21 heavy (non-hydrogen) atoms. The van der Waals surface area contributed by atoms with Crippen LogP contribution in [0.3, 0.4) is 0 Å². The smallest absolute Gasteiger partial charge is 0.269 e. The number of aromatic nitrogens is 1. The van der Waals surface area contributed by atoms with Crippen LogP contribution in [0.5, 0.6) is 11.6 Å². The quantitative estimate of drug-likeness (QED) is 0.390. The molecule has 0 fully saturated rings. The number of halogens is 1. The number of hydrogen-bond donors (Lipinski definition) is 2. The number of nitrogen functional groups attached to an aromatic ring is 1. The highest BCUT2D eigenvalue weighted by atomic mass is 35.5. The molecule has 1 aromatic heterocycles. The average Bonchev–Trinajstić information content (AvgIpc) is 2.42. The molecule has 7 nitrogen and oxygen atoms in total. The van der Waals surface area contributed by atoms with E-state index >= 15 is 0 Å². The Labute approximate surface area is 125 Å². The Morgan fingerprint density at radius 2 is 2.19 bits per heavy atom. The van der Waals surface area contributed by atoms with Crippen LogP contribution in [0.15, 0.2) is 30.5 Å². The molecule has 0 radical (unpaired) electrons. The van der Waals surface area contributed by atoms with E-state index in [1.807, 2.05) is 0 Å². The van der Waals surface area contributed by atoms with E-state index < -0.39 is 4.92 Å². The van der Waals surface area contributed by atoms with Gasteiger partial charge in [-0.05, 0) is 24.6 Å². The second-order valence-corrected chi connectivity index (χ2v) is 4.58. The Bertz CT molecular complexity index is 733. The van der Waals surface area contributed by atoms with Gasteiger partial charge >= 0.3 is 0 Å². The number of aryl methyl sites for hydroxylation is 1. The van der Waals surface area contributed by atoms with Gasteiger partial charge in [-0.25, -0.2) is 4.98 Å². The van der Waals surface area contributed by atoms with Gasteiger partial charge in [-0.15, -0.1) is 0 Å². The Morgan fingerprint density at radius 1 is 1.48 bits per heavy atom. The number of amidine groups is 1. The molecule has 0 amide bonds. The molecule has 2 aromatic rings. The minimum Gasteiger partial charge on any atom is -0.437 e. The van der Waals surface area contributed by atoms with Crippen molar-refractivity contribution in [2.45, 2.75) is 6.92 Å². The largest absolute Gasteiger partial charge is 0.437 e. The van der Waals surface area contributed by atoms with Crippen LogP contribution in [0.1, 0.15) is 11.1 Å². The Kier molecular flexibility index (Phi) is 4.04. The van der Waals surface area contributed by atoms with Crippen LogP contribution >= 0.6 is 11.6 Å². The molecule has 0 unspecified atom stereocenters. The van der Waals surface area contributed by atoms with Crippen molar-refractivity contribution in [1.82, 2.24) is 4.98 Å². The number of ether oxygens (including phenoxy) is 1. The standard InChI is InChI=1S/C13H11ClN4O3/c1-7-6-8(18(19)20)2-3-10(7)21-13-11(14)9(12(15)16)4-5-17-13/h2-6H,1H3,(H3,15,16). The number of hydrogen-bond acceptors (Lipinski definition) is 5. The number of non-ortho nitro benzene ring substituents is 1. The highest BCUT2D eigenvalue weighted by molar-refractivity contribution is 6.35. The molecule has 3 N–H and O–H groups in total. The first-order valence-corrected chi connectivity index (χ1v) is 6.19. The summed E-state index contributed by atoms with van der Waals surface area (Å²) in [6, 6.07) is 5.68. The van der Waals surface area contributed by atoms with Gasteiger partial charge in [-0.2, -0.15) is 0 Å².